The SMILES string of the molecule is CCc1nnc(COc2ccc([C@H](C)O)cc2C)o1. The number of benzene rings is 1. The van der Waals surface area contributed by atoms with Gasteiger partial charge in [-0.05, 0) is 37.1 Å². The number of rotatable bonds is 5. The van der Waals surface area contributed by atoms with Gasteiger partial charge in [-0.1, -0.05) is 13.0 Å². The molecule has 0 aliphatic carbocycles. The molecule has 0 unspecified atom stereocenters. The number of nitrogens with zero attached hydrogens (tertiary/aromatic N) is 2. The predicted molar refractivity (Wildman–Crippen MR) is 69.8 cm³/mol. The van der Waals surface area contributed by atoms with Crippen molar-refractivity contribution in [3.63, 3.8) is 0 Å². The smallest absolute Gasteiger partial charge is 0.253 e. The van der Waals surface area contributed by atoms with Crippen molar-refractivity contribution in [3.05, 3.63) is 41.1 Å². The highest BCUT2D eigenvalue weighted by Crippen LogP contribution is 2.23. The monoisotopic (exact) mass is 262 g/mol. The van der Waals surface area contributed by atoms with Crippen molar-refractivity contribution < 1.29 is 14.3 Å². The molecule has 1 heterocycles. The fourth-order valence-electron chi connectivity index (χ4n) is 1.72. The second-order valence-electron chi connectivity index (χ2n) is 4.43. The van der Waals surface area contributed by atoms with Crippen LogP contribution in [0.25, 0.3) is 0 Å². The molecule has 1 atom stereocenters. The molecular formula is C14H18N2O3. The number of aromatic nitrogens is 2. The van der Waals surface area contributed by atoms with Gasteiger partial charge in [0.25, 0.3) is 5.89 Å². The molecule has 1 aromatic carbocycles. The highest BCUT2D eigenvalue weighted by atomic mass is 16.5. The molecule has 0 aliphatic rings. The molecule has 0 fully saturated rings. The minimum atomic E-state index is -0.476. The van der Waals surface area contributed by atoms with Crippen molar-refractivity contribution in [2.75, 3.05) is 0 Å². The molecule has 1 N–H and O–H groups in total. The fraction of sp³-hybridized carbons (Fsp3) is 0.429. The Labute approximate surface area is 112 Å². The lowest BCUT2D eigenvalue weighted by Gasteiger charge is -2.10. The molecular weight excluding hydrogens is 244 g/mol. The first-order valence-corrected chi connectivity index (χ1v) is 6.32. The van der Waals surface area contributed by atoms with Crippen LogP contribution in [0.15, 0.2) is 22.6 Å². The van der Waals surface area contributed by atoms with E-state index in [2.05, 4.69) is 10.2 Å². The third-order valence-electron chi connectivity index (χ3n) is 2.84. The third-order valence-corrected chi connectivity index (χ3v) is 2.84. The first-order valence-electron chi connectivity index (χ1n) is 6.32. The van der Waals surface area contributed by atoms with Crippen molar-refractivity contribution in [1.82, 2.24) is 10.2 Å². The number of ether oxygens (including phenoxy) is 1. The van der Waals surface area contributed by atoms with E-state index in [0.717, 1.165) is 23.3 Å². The number of aliphatic hydroxyl groups is 1. The molecule has 0 bridgehead atoms. The summed E-state index contributed by atoms with van der Waals surface area (Å²) >= 11 is 0. The quantitative estimate of drug-likeness (QED) is 0.896. The van der Waals surface area contributed by atoms with E-state index in [1.807, 2.05) is 32.0 Å². The van der Waals surface area contributed by atoms with Gasteiger partial charge in [0.2, 0.25) is 5.89 Å². The number of hydrogen-bond donors (Lipinski definition) is 1. The number of aliphatic hydroxyl groups excluding tert-OH is 1. The summed E-state index contributed by atoms with van der Waals surface area (Å²) < 4.78 is 11.0. The molecule has 2 rings (SSSR count). The van der Waals surface area contributed by atoms with Gasteiger partial charge in [0, 0.05) is 6.42 Å². The lowest BCUT2D eigenvalue weighted by molar-refractivity contribution is 0.199. The molecule has 19 heavy (non-hydrogen) atoms. The molecule has 0 saturated heterocycles. The van der Waals surface area contributed by atoms with Gasteiger partial charge in [0.1, 0.15) is 5.75 Å². The molecule has 5 nitrogen and oxygen atoms in total. The lowest BCUT2D eigenvalue weighted by Crippen LogP contribution is -1.99. The summed E-state index contributed by atoms with van der Waals surface area (Å²) in [5.74, 6) is 1.83. The molecule has 0 spiro atoms. The molecule has 0 amide bonds. The molecule has 0 saturated carbocycles. The zero-order valence-corrected chi connectivity index (χ0v) is 11.4. The van der Waals surface area contributed by atoms with Crippen LogP contribution < -0.4 is 4.74 Å². The van der Waals surface area contributed by atoms with Crippen LogP contribution in [0.4, 0.5) is 0 Å². The fourth-order valence-corrected chi connectivity index (χ4v) is 1.72. The summed E-state index contributed by atoms with van der Waals surface area (Å²) in [7, 11) is 0. The van der Waals surface area contributed by atoms with Gasteiger partial charge in [-0.25, -0.2) is 0 Å². The summed E-state index contributed by atoms with van der Waals surface area (Å²) in [6.45, 7) is 5.88. The topological polar surface area (TPSA) is 68.4 Å². The van der Waals surface area contributed by atoms with Crippen LogP contribution in [0.1, 0.15) is 42.9 Å². The van der Waals surface area contributed by atoms with E-state index in [1.165, 1.54) is 0 Å². The Morgan fingerprint density at radius 2 is 2.05 bits per heavy atom. The lowest BCUT2D eigenvalue weighted by atomic mass is 10.1. The molecule has 1 aromatic heterocycles. The van der Waals surface area contributed by atoms with Crippen molar-refractivity contribution in [2.45, 2.75) is 39.9 Å². The Bertz CT molecular complexity index is 549. The van der Waals surface area contributed by atoms with Gasteiger partial charge >= 0.3 is 0 Å². The van der Waals surface area contributed by atoms with E-state index in [0.29, 0.717) is 11.8 Å². The van der Waals surface area contributed by atoms with E-state index in [9.17, 15) is 5.11 Å². The van der Waals surface area contributed by atoms with E-state index in [1.54, 1.807) is 6.92 Å². The molecule has 0 aliphatic heterocycles. The summed E-state index contributed by atoms with van der Waals surface area (Å²) in [5.41, 5.74) is 1.84. The van der Waals surface area contributed by atoms with Crippen LogP contribution in [0.5, 0.6) is 5.75 Å². The second-order valence-corrected chi connectivity index (χ2v) is 4.43. The molecule has 2 aromatic rings. The van der Waals surface area contributed by atoms with E-state index >= 15 is 0 Å². The van der Waals surface area contributed by atoms with Crippen LogP contribution in [0.2, 0.25) is 0 Å². The maximum Gasteiger partial charge on any atom is 0.253 e. The van der Waals surface area contributed by atoms with Gasteiger partial charge in [-0.3, -0.25) is 0 Å². The zero-order chi connectivity index (χ0) is 13.8. The van der Waals surface area contributed by atoms with Gasteiger partial charge in [-0.15, -0.1) is 10.2 Å². The standard InChI is InChI=1S/C14H18N2O3/c1-4-13-15-16-14(19-13)8-18-12-6-5-11(10(3)17)7-9(12)2/h5-7,10,17H,4,8H2,1-3H3/t10-/m0/s1. The van der Waals surface area contributed by atoms with E-state index in [-0.39, 0.29) is 6.61 Å². The molecule has 0 radical (unpaired) electrons. The third kappa shape index (κ3) is 3.32. The van der Waals surface area contributed by atoms with Crippen molar-refractivity contribution in [1.29, 1.82) is 0 Å². The van der Waals surface area contributed by atoms with Crippen molar-refractivity contribution >= 4 is 0 Å². The highest BCUT2D eigenvalue weighted by Gasteiger charge is 2.08. The van der Waals surface area contributed by atoms with Gasteiger partial charge in [0.05, 0.1) is 6.10 Å². The van der Waals surface area contributed by atoms with Crippen molar-refractivity contribution in [2.24, 2.45) is 0 Å². The minimum absolute atomic E-state index is 0.252. The van der Waals surface area contributed by atoms with Gasteiger partial charge in [0.15, 0.2) is 6.61 Å². The second kappa shape index (κ2) is 5.84. The van der Waals surface area contributed by atoms with Crippen LogP contribution in [0, 0.1) is 6.92 Å². The Hall–Kier alpha value is -1.88. The van der Waals surface area contributed by atoms with E-state index in [4.69, 9.17) is 9.15 Å². The van der Waals surface area contributed by atoms with Crippen LogP contribution in [-0.4, -0.2) is 15.3 Å². The molecule has 102 valence electrons. The first-order chi connectivity index (χ1) is 9.10. The van der Waals surface area contributed by atoms with Crippen LogP contribution in [0.3, 0.4) is 0 Å². The Balaban J connectivity index is 2.03. The Morgan fingerprint density at radius 1 is 1.32 bits per heavy atom. The number of aryl methyl sites for hydroxylation is 2. The predicted octanol–water partition coefficient (Wildman–Crippen LogP) is 2.57. The van der Waals surface area contributed by atoms with Crippen LogP contribution in [-0.2, 0) is 13.0 Å². The summed E-state index contributed by atoms with van der Waals surface area (Å²) in [6.07, 6.45) is 0.241. The van der Waals surface area contributed by atoms with Gasteiger partial charge < -0.3 is 14.3 Å². The highest BCUT2D eigenvalue weighted by molar-refractivity contribution is 5.36. The van der Waals surface area contributed by atoms with Crippen LogP contribution >= 0.6 is 0 Å². The Morgan fingerprint density at radius 3 is 2.63 bits per heavy atom. The normalized spacial score (nSPS) is 12.4. The van der Waals surface area contributed by atoms with Crippen molar-refractivity contribution in [3.8, 4) is 5.75 Å². The zero-order valence-electron chi connectivity index (χ0n) is 11.4. The Kier molecular flexibility index (Phi) is 4.16. The van der Waals surface area contributed by atoms with E-state index < -0.39 is 6.10 Å². The van der Waals surface area contributed by atoms with Gasteiger partial charge in [-0.2, -0.15) is 0 Å². The average molecular weight is 262 g/mol. The maximum atomic E-state index is 9.50. The summed E-state index contributed by atoms with van der Waals surface area (Å²) in [6, 6.07) is 5.60. The molecule has 5 heteroatoms. The summed E-state index contributed by atoms with van der Waals surface area (Å²) in [4.78, 5) is 0. The largest absolute Gasteiger partial charge is 0.484 e. The number of hydrogen-bond acceptors (Lipinski definition) is 5. The first kappa shape index (κ1) is 13.5. The minimum Gasteiger partial charge on any atom is -0.484 e. The maximum absolute atomic E-state index is 9.50. The summed E-state index contributed by atoms with van der Waals surface area (Å²) in [5, 5.41) is 17.3. The average Bonchev–Trinajstić information content (AvgIpc) is 2.85.